The minimum absolute atomic E-state index is 0.262. The van der Waals surface area contributed by atoms with Crippen LogP contribution in [0.2, 0.25) is 0 Å². The van der Waals surface area contributed by atoms with Crippen LogP contribution in [-0.4, -0.2) is 23.0 Å². The van der Waals surface area contributed by atoms with Gasteiger partial charge in [-0.3, -0.25) is 9.69 Å². The first kappa shape index (κ1) is 15.1. The number of rotatable bonds is 3. The van der Waals surface area contributed by atoms with Gasteiger partial charge in [-0.2, -0.15) is 0 Å². The van der Waals surface area contributed by atoms with Gasteiger partial charge in [0.2, 0.25) is 0 Å². The Balaban J connectivity index is 2.11. The highest BCUT2D eigenvalue weighted by atomic mass is 16.4. The minimum atomic E-state index is -1.03. The molecule has 2 unspecified atom stereocenters. The summed E-state index contributed by atoms with van der Waals surface area (Å²) < 4.78 is 0. The van der Waals surface area contributed by atoms with Gasteiger partial charge in [0.05, 0.1) is 11.4 Å². The van der Waals surface area contributed by atoms with Gasteiger partial charge in [0.25, 0.3) is 5.91 Å². The van der Waals surface area contributed by atoms with E-state index in [4.69, 9.17) is 0 Å². The van der Waals surface area contributed by atoms with Crippen LogP contribution < -0.4 is 10.2 Å². The van der Waals surface area contributed by atoms with Crippen LogP contribution in [0.1, 0.15) is 24.1 Å². The number of carboxylic acids is 1. The van der Waals surface area contributed by atoms with E-state index in [0.717, 1.165) is 16.8 Å². The van der Waals surface area contributed by atoms with Gasteiger partial charge in [-0.25, -0.2) is 4.79 Å². The van der Waals surface area contributed by atoms with Crippen molar-refractivity contribution >= 4 is 23.3 Å². The van der Waals surface area contributed by atoms with Crippen molar-refractivity contribution in [2.45, 2.75) is 25.9 Å². The molecule has 0 spiro atoms. The number of benzene rings is 2. The third-order valence-electron chi connectivity index (χ3n) is 4.07. The standard InChI is InChI=1S/C18H18N2O3/c1-11-8-9-15-14(10-11)19-16(13-6-4-3-5-7-13)17(21)20(15)12(2)18(22)23/h3-10,12,16,19H,1-2H3,(H,22,23). The average Bonchev–Trinajstić information content (AvgIpc) is 2.54. The van der Waals surface area contributed by atoms with Crippen molar-refractivity contribution in [2.75, 3.05) is 10.2 Å². The highest BCUT2D eigenvalue weighted by molar-refractivity contribution is 6.08. The molecule has 1 heterocycles. The largest absolute Gasteiger partial charge is 0.480 e. The first-order valence-electron chi connectivity index (χ1n) is 7.47. The fourth-order valence-corrected chi connectivity index (χ4v) is 2.83. The van der Waals surface area contributed by atoms with Gasteiger partial charge in [-0.05, 0) is 37.1 Å². The number of carboxylic acid groups (broad SMARTS) is 1. The Hall–Kier alpha value is -2.82. The van der Waals surface area contributed by atoms with Crippen molar-refractivity contribution < 1.29 is 14.7 Å². The SMILES string of the molecule is Cc1ccc2c(c1)NC(c1ccccc1)C(=O)N2C(C)C(=O)O. The summed E-state index contributed by atoms with van der Waals surface area (Å²) >= 11 is 0. The summed E-state index contributed by atoms with van der Waals surface area (Å²) in [6, 6.07) is 13.4. The molecule has 2 aromatic rings. The van der Waals surface area contributed by atoms with Crippen molar-refractivity contribution in [3.63, 3.8) is 0 Å². The maximum Gasteiger partial charge on any atom is 0.326 e. The van der Waals surface area contributed by atoms with E-state index >= 15 is 0 Å². The summed E-state index contributed by atoms with van der Waals surface area (Å²) in [7, 11) is 0. The summed E-state index contributed by atoms with van der Waals surface area (Å²) in [6.07, 6.45) is 0. The number of carbonyl (C=O) groups is 2. The lowest BCUT2D eigenvalue weighted by atomic mass is 9.99. The second kappa shape index (κ2) is 5.76. The number of nitrogens with zero attached hydrogens (tertiary/aromatic N) is 1. The molecular weight excluding hydrogens is 292 g/mol. The van der Waals surface area contributed by atoms with Gasteiger partial charge in [-0.1, -0.05) is 36.4 Å². The third-order valence-corrected chi connectivity index (χ3v) is 4.07. The highest BCUT2D eigenvalue weighted by Gasteiger charge is 2.38. The first-order valence-corrected chi connectivity index (χ1v) is 7.47. The van der Waals surface area contributed by atoms with Crippen LogP contribution in [0.15, 0.2) is 48.5 Å². The molecule has 118 valence electrons. The van der Waals surface area contributed by atoms with E-state index < -0.39 is 18.1 Å². The van der Waals surface area contributed by atoms with E-state index in [2.05, 4.69) is 5.32 Å². The summed E-state index contributed by atoms with van der Waals surface area (Å²) in [6.45, 7) is 3.48. The van der Waals surface area contributed by atoms with Gasteiger partial charge >= 0.3 is 5.97 Å². The summed E-state index contributed by atoms with van der Waals surface area (Å²) in [5.74, 6) is -1.29. The predicted molar refractivity (Wildman–Crippen MR) is 88.6 cm³/mol. The molecule has 2 N–H and O–H groups in total. The van der Waals surface area contributed by atoms with E-state index in [0.29, 0.717) is 5.69 Å². The lowest BCUT2D eigenvalue weighted by molar-refractivity contribution is -0.139. The number of aryl methyl sites for hydroxylation is 1. The molecule has 0 radical (unpaired) electrons. The number of anilines is 2. The van der Waals surface area contributed by atoms with Gasteiger partial charge in [-0.15, -0.1) is 0 Å². The van der Waals surface area contributed by atoms with Gasteiger partial charge < -0.3 is 10.4 Å². The van der Waals surface area contributed by atoms with Crippen molar-refractivity contribution in [3.8, 4) is 0 Å². The van der Waals surface area contributed by atoms with Crippen LogP contribution in [0.3, 0.4) is 0 Å². The maximum atomic E-state index is 12.9. The van der Waals surface area contributed by atoms with E-state index in [-0.39, 0.29) is 5.91 Å². The molecule has 5 heteroatoms. The summed E-state index contributed by atoms with van der Waals surface area (Å²) in [4.78, 5) is 25.7. The Kier molecular flexibility index (Phi) is 3.78. The number of hydrogen-bond donors (Lipinski definition) is 2. The zero-order chi connectivity index (χ0) is 16.6. The molecule has 0 aromatic heterocycles. The normalized spacial score (nSPS) is 18.1. The molecular formula is C18H18N2O3. The molecule has 1 aliphatic rings. The quantitative estimate of drug-likeness (QED) is 0.914. The van der Waals surface area contributed by atoms with Crippen LogP contribution in [-0.2, 0) is 9.59 Å². The molecule has 2 atom stereocenters. The number of aliphatic carboxylic acids is 1. The predicted octanol–water partition coefficient (Wildman–Crippen LogP) is 2.97. The average molecular weight is 310 g/mol. The Morgan fingerprint density at radius 2 is 1.91 bits per heavy atom. The zero-order valence-corrected chi connectivity index (χ0v) is 13.0. The van der Waals surface area contributed by atoms with E-state index in [1.807, 2.05) is 49.4 Å². The number of fused-ring (bicyclic) bond motifs is 1. The van der Waals surface area contributed by atoms with Crippen molar-refractivity contribution in [2.24, 2.45) is 0 Å². The van der Waals surface area contributed by atoms with Crippen molar-refractivity contribution in [3.05, 3.63) is 59.7 Å². The molecule has 0 fully saturated rings. The van der Waals surface area contributed by atoms with E-state index in [1.54, 1.807) is 6.07 Å². The van der Waals surface area contributed by atoms with Gasteiger partial charge in [0.15, 0.2) is 0 Å². The van der Waals surface area contributed by atoms with Crippen molar-refractivity contribution in [1.82, 2.24) is 0 Å². The molecule has 0 saturated heterocycles. The second-order valence-electron chi connectivity index (χ2n) is 5.73. The fourth-order valence-electron chi connectivity index (χ4n) is 2.83. The minimum Gasteiger partial charge on any atom is -0.480 e. The summed E-state index contributed by atoms with van der Waals surface area (Å²) in [5, 5.41) is 12.6. The number of nitrogens with one attached hydrogen (secondary N) is 1. The lowest BCUT2D eigenvalue weighted by Gasteiger charge is -2.37. The van der Waals surface area contributed by atoms with Crippen LogP contribution in [0.5, 0.6) is 0 Å². The Bertz CT molecular complexity index is 758. The molecule has 23 heavy (non-hydrogen) atoms. The van der Waals surface area contributed by atoms with E-state index in [1.165, 1.54) is 11.8 Å². The number of hydrogen-bond acceptors (Lipinski definition) is 3. The van der Waals surface area contributed by atoms with Crippen LogP contribution in [0.4, 0.5) is 11.4 Å². The molecule has 0 aliphatic carbocycles. The maximum absolute atomic E-state index is 12.9. The number of carbonyl (C=O) groups excluding carboxylic acids is 1. The second-order valence-corrected chi connectivity index (χ2v) is 5.73. The van der Waals surface area contributed by atoms with Crippen LogP contribution in [0, 0.1) is 6.92 Å². The first-order chi connectivity index (χ1) is 11.0. The van der Waals surface area contributed by atoms with Crippen molar-refractivity contribution in [1.29, 1.82) is 0 Å². The van der Waals surface area contributed by atoms with E-state index in [9.17, 15) is 14.7 Å². The Morgan fingerprint density at radius 3 is 2.57 bits per heavy atom. The topological polar surface area (TPSA) is 69.6 Å². The molecule has 5 nitrogen and oxygen atoms in total. The molecule has 2 aromatic carbocycles. The molecule has 1 aliphatic heterocycles. The molecule has 3 rings (SSSR count). The van der Waals surface area contributed by atoms with Gasteiger partial charge in [0, 0.05) is 0 Å². The number of amides is 1. The molecule has 0 bridgehead atoms. The van der Waals surface area contributed by atoms with Gasteiger partial charge in [0.1, 0.15) is 12.1 Å². The molecule has 1 amide bonds. The fraction of sp³-hybridized carbons (Fsp3) is 0.222. The highest BCUT2D eigenvalue weighted by Crippen LogP contribution is 2.38. The van der Waals surface area contributed by atoms with Crippen LogP contribution in [0.25, 0.3) is 0 Å². The Morgan fingerprint density at radius 1 is 1.22 bits per heavy atom. The van der Waals surface area contributed by atoms with Crippen LogP contribution >= 0.6 is 0 Å². The Labute approximate surface area is 134 Å². The summed E-state index contributed by atoms with van der Waals surface area (Å²) in [5.41, 5.74) is 3.22. The third kappa shape index (κ3) is 2.65. The zero-order valence-electron chi connectivity index (χ0n) is 13.0. The monoisotopic (exact) mass is 310 g/mol. The smallest absolute Gasteiger partial charge is 0.326 e. The lowest BCUT2D eigenvalue weighted by Crippen LogP contribution is -2.50. The molecule has 0 saturated carbocycles.